The Kier molecular flexibility index (Phi) is 5.58. The van der Waals surface area contributed by atoms with Gasteiger partial charge in [-0.05, 0) is 19.9 Å². The standard InChI is InChI=1S/C18H27N3O3/c1-13-11-21(12-14(2)24-13)9-8-19-18(22)20-16-7-10-23-17-6-4-3-5-15(16)17/h3-6,13-14,16H,7-12H2,1-2H3,(H2,19,20,22)/t13-,14+,16-/m1/s1. The fraction of sp³-hybridized carbons (Fsp3) is 0.611. The summed E-state index contributed by atoms with van der Waals surface area (Å²) >= 11 is 0. The maximum atomic E-state index is 12.2. The first-order valence-corrected chi connectivity index (χ1v) is 8.75. The van der Waals surface area contributed by atoms with Crippen molar-refractivity contribution in [1.82, 2.24) is 15.5 Å². The minimum atomic E-state index is -0.119. The molecule has 0 aliphatic carbocycles. The highest BCUT2D eigenvalue weighted by molar-refractivity contribution is 5.74. The average molecular weight is 333 g/mol. The van der Waals surface area contributed by atoms with Gasteiger partial charge in [0, 0.05) is 38.2 Å². The number of amides is 2. The van der Waals surface area contributed by atoms with Gasteiger partial charge >= 0.3 is 6.03 Å². The van der Waals surface area contributed by atoms with Crippen LogP contribution in [0.15, 0.2) is 24.3 Å². The molecule has 3 atom stereocenters. The molecule has 6 nitrogen and oxygen atoms in total. The highest BCUT2D eigenvalue weighted by atomic mass is 16.5. The Bertz CT molecular complexity index is 556. The summed E-state index contributed by atoms with van der Waals surface area (Å²) in [6, 6.07) is 7.77. The number of morpholine rings is 1. The zero-order valence-corrected chi connectivity index (χ0v) is 14.5. The van der Waals surface area contributed by atoms with E-state index in [9.17, 15) is 4.79 Å². The quantitative estimate of drug-likeness (QED) is 0.884. The van der Waals surface area contributed by atoms with Crippen molar-refractivity contribution >= 4 is 6.03 Å². The molecular weight excluding hydrogens is 306 g/mol. The molecular formula is C18H27N3O3. The molecule has 0 aromatic heterocycles. The second kappa shape index (κ2) is 7.85. The van der Waals surface area contributed by atoms with Crippen LogP contribution in [0, 0.1) is 0 Å². The highest BCUT2D eigenvalue weighted by Gasteiger charge is 2.23. The number of rotatable bonds is 4. The lowest BCUT2D eigenvalue weighted by Gasteiger charge is -2.35. The topological polar surface area (TPSA) is 62.8 Å². The SMILES string of the molecule is C[C@@H]1CN(CCNC(=O)N[C@@H]2CCOc3ccccc32)C[C@H](C)O1. The number of para-hydroxylation sites is 1. The largest absolute Gasteiger partial charge is 0.493 e. The van der Waals surface area contributed by atoms with Gasteiger partial charge in [0.2, 0.25) is 0 Å². The Morgan fingerprint density at radius 3 is 2.79 bits per heavy atom. The van der Waals surface area contributed by atoms with Crippen molar-refractivity contribution in [3.05, 3.63) is 29.8 Å². The maximum absolute atomic E-state index is 12.2. The van der Waals surface area contributed by atoms with Crippen molar-refractivity contribution < 1.29 is 14.3 Å². The molecule has 1 aromatic carbocycles. The van der Waals surface area contributed by atoms with Crippen LogP contribution in [0.25, 0.3) is 0 Å². The molecule has 0 spiro atoms. The monoisotopic (exact) mass is 333 g/mol. The number of hydrogen-bond acceptors (Lipinski definition) is 4. The third-order valence-corrected chi connectivity index (χ3v) is 4.47. The second-order valence-corrected chi connectivity index (χ2v) is 6.64. The molecule has 1 aromatic rings. The molecule has 24 heavy (non-hydrogen) atoms. The van der Waals surface area contributed by atoms with Crippen molar-refractivity contribution in [3.8, 4) is 5.75 Å². The van der Waals surface area contributed by atoms with Gasteiger partial charge in [0.25, 0.3) is 0 Å². The van der Waals surface area contributed by atoms with Gasteiger partial charge in [-0.3, -0.25) is 4.90 Å². The zero-order valence-electron chi connectivity index (χ0n) is 14.5. The Hall–Kier alpha value is -1.79. The molecule has 1 saturated heterocycles. The van der Waals surface area contributed by atoms with Crippen LogP contribution < -0.4 is 15.4 Å². The smallest absolute Gasteiger partial charge is 0.315 e. The number of fused-ring (bicyclic) bond motifs is 1. The van der Waals surface area contributed by atoms with Gasteiger partial charge in [-0.25, -0.2) is 4.79 Å². The van der Waals surface area contributed by atoms with Crippen LogP contribution in [0.5, 0.6) is 5.75 Å². The van der Waals surface area contributed by atoms with Crippen molar-refractivity contribution in [2.75, 3.05) is 32.8 Å². The predicted octanol–water partition coefficient (Wildman–Crippen LogP) is 1.92. The van der Waals surface area contributed by atoms with Gasteiger partial charge < -0.3 is 20.1 Å². The molecule has 132 valence electrons. The summed E-state index contributed by atoms with van der Waals surface area (Å²) in [5, 5.41) is 6.02. The number of benzene rings is 1. The van der Waals surface area contributed by atoms with Crippen molar-refractivity contribution in [2.24, 2.45) is 0 Å². The summed E-state index contributed by atoms with van der Waals surface area (Å²) in [4.78, 5) is 14.5. The molecule has 2 aliphatic heterocycles. The van der Waals surface area contributed by atoms with Gasteiger partial charge in [-0.15, -0.1) is 0 Å². The van der Waals surface area contributed by atoms with E-state index in [0.717, 1.165) is 37.4 Å². The third kappa shape index (κ3) is 4.39. The Morgan fingerprint density at radius 1 is 1.25 bits per heavy atom. The van der Waals surface area contributed by atoms with Crippen LogP contribution in [-0.2, 0) is 4.74 Å². The van der Waals surface area contributed by atoms with Gasteiger partial charge in [0.15, 0.2) is 0 Å². The second-order valence-electron chi connectivity index (χ2n) is 6.64. The van der Waals surface area contributed by atoms with Crippen molar-refractivity contribution in [2.45, 2.75) is 38.5 Å². The number of carbonyl (C=O) groups is 1. The molecule has 0 unspecified atom stereocenters. The number of urea groups is 1. The Morgan fingerprint density at radius 2 is 2.00 bits per heavy atom. The number of nitrogens with zero attached hydrogens (tertiary/aromatic N) is 1. The first-order valence-electron chi connectivity index (χ1n) is 8.75. The van der Waals surface area contributed by atoms with Crippen molar-refractivity contribution in [3.63, 3.8) is 0 Å². The van der Waals surface area contributed by atoms with E-state index in [4.69, 9.17) is 9.47 Å². The first kappa shape index (κ1) is 17.0. The van der Waals surface area contributed by atoms with E-state index >= 15 is 0 Å². The van der Waals surface area contributed by atoms with Crippen LogP contribution in [-0.4, -0.2) is 55.9 Å². The third-order valence-electron chi connectivity index (χ3n) is 4.47. The molecule has 3 rings (SSSR count). The first-order chi connectivity index (χ1) is 11.6. The van der Waals surface area contributed by atoms with Crippen LogP contribution in [0.2, 0.25) is 0 Å². The molecule has 2 amide bonds. The molecule has 2 heterocycles. The normalized spacial score (nSPS) is 27.0. The summed E-state index contributed by atoms with van der Waals surface area (Å²) in [7, 11) is 0. The Balaban J connectivity index is 1.43. The number of carbonyl (C=O) groups excluding carboxylic acids is 1. The molecule has 2 aliphatic rings. The fourth-order valence-corrected chi connectivity index (χ4v) is 3.50. The summed E-state index contributed by atoms with van der Waals surface area (Å²) in [6.45, 7) is 8.12. The molecule has 6 heteroatoms. The van der Waals surface area contributed by atoms with E-state index in [0.29, 0.717) is 13.2 Å². The summed E-state index contributed by atoms with van der Waals surface area (Å²) in [6.07, 6.45) is 1.30. The number of ether oxygens (including phenoxy) is 2. The average Bonchev–Trinajstić information content (AvgIpc) is 2.54. The van der Waals surface area contributed by atoms with Crippen molar-refractivity contribution in [1.29, 1.82) is 0 Å². The minimum Gasteiger partial charge on any atom is -0.493 e. The van der Waals surface area contributed by atoms with Gasteiger partial charge in [0.1, 0.15) is 5.75 Å². The minimum absolute atomic E-state index is 0.0124. The predicted molar refractivity (Wildman–Crippen MR) is 92.3 cm³/mol. The van der Waals surface area contributed by atoms with E-state index in [1.165, 1.54) is 0 Å². The zero-order chi connectivity index (χ0) is 16.9. The van der Waals surface area contributed by atoms with E-state index in [-0.39, 0.29) is 24.3 Å². The van der Waals surface area contributed by atoms with Crippen LogP contribution >= 0.6 is 0 Å². The number of hydrogen-bond donors (Lipinski definition) is 2. The van der Waals surface area contributed by atoms with Crippen LogP contribution in [0.3, 0.4) is 0 Å². The fourth-order valence-electron chi connectivity index (χ4n) is 3.50. The lowest BCUT2D eigenvalue weighted by molar-refractivity contribution is -0.0672. The summed E-state index contributed by atoms with van der Waals surface area (Å²) in [5.74, 6) is 0.866. The maximum Gasteiger partial charge on any atom is 0.315 e. The molecule has 0 bridgehead atoms. The van der Waals surface area contributed by atoms with Crippen LogP contribution in [0.4, 0.5) is 4.79 Å². The highest BCUT2D eigenvalue weighted by Crippen LogP contribution is 2.31. The molecule has 2 N–H and O–H groups in total. The number of nitrogens with one attached hydrogen (secondary N) is 2. The van der Waals surface area contributed by atoms with E-state index in [1.807, 2.05) is 24.3 Å². The van der Waals surface area contributed by atoms with E-state index in [1.54, 1.807) is 0 Å². The van der Waals surface area contributed by atoms with Gasteiger partial charge in [-0.2, -0.15) is 0 Å². The summed E-state index contributed by atoms with van der Waals surface area (Å²) < 4.78 is 11.3. The molecule has 0 radical (unpaired) electrons. The Labute approximate surface area is 143 Å². The van der Waals surface area contributed by atoms with E-state index in [2.05, 4.69) is 29.4 Å². The summed E-state index contributed by atoms with van der Waals surface area (Å²) in [5.41, 5.74) is 1.05. The van der Waals surface area contributed by atoms with Crippen LogP contribution in [0.1, 0.15) is 31.9 Å². The molecule has 1 fully saturated rings. The molecule has 0 saturated carbocycles. The lowest BCUT2D eigenvalue weighted by atomic mass is 10.0. The van der Waals surface area contributed by atoms with E-state index < -0.39 is 0 Å². The lowest BCUT2D eigenvalue weighted by Crippen LogP contribution is -2.49. The van der Waals surface area contributed by atoms with Gasteiger partial charge in [0.05, 0.1) is 24.9 Å². The van der Waals surface area contributed by atoms with Gasteiger partial charge in [-0.1, -0.05) is 18.2 Å².